The number of hydrogen-bond acceptors (Lipinski definition) is 3. The number of para-hydroxylation sites is 2. The second kappa shape index (κ2) is 5.63. The van der Waals surface area contributed by atoms with Crippen molar-refractivity contribution in [2.75, 3.05) is 6.54 Å². The van der Waals surface area contributed by atoms with E-state index in [1.54, 1.807) is 0 Å². The molecule has 5 heteroatoms. The van der Waals surface area contributed by atoms with Crippen molar-refractivity contribution in [3.63, 3.8) is 0 Å². The number of amides is 1. The van der Waals surface area contributed by atoms with Crippen LogP contribution in [0.25, 0.3) is 11.0 Å². The first-order chi connectivity index (χ1) is 9.78. The number of carbonyl (C=O) groups is 1. The van der Waals surface area contributed by atoms with Crippen LogP contribution in [0.3, 0.4) is 0 Å². The van der Waals surface area contributed by atoms with Crippen molar-refractivity contribution in [2.24, 2.45) is 0 Å². The Morgan fingerprint density at radius 3 is 3.05 bits per heavy atom. The molecule has 5 nitrogen and oxygen atoms in total. The first-order valence-electron chi connectivity index (χ1n) is 7.22. The van der Waals surface area contributed by atoms with E-state index in [0.29, 0.717) is 19.0 Å². The van der Waals surface area contributed by atoms with Gasteiger partial charge in [0.25, 0.3) is 0 Å². The largest absolute Gasteiger partial charge is 0.355 e. The summed E-state index contributed by atoms with van der Waals surface area (Å²) in [6.07, 6.45) is 1.51. The van der Waals surface area contributed by atoms with E-state index >= 15 is 0 Å². The molecule has 0 bridgehead atoms. The number of benzene rings is 1. The van der Waals surface area contributed by atoms with Crippen molar-refractivity contribution in [3.05, 3.63) is 30.1 Å². The Bertz CT molecular complexity index is 609. The number of fused-ring (bicyclic) bond motifs is 1. The molecule has 0 spiro atoms. The fourth-order valence-corrected chi connectivity index (χ4v) is 2.76. The van der Waals surface area contributed by atoms with Crippen molar-refractivity contribution in [2.45, 2.75) is 38.9 Å². The van der Waals surface area contributed by atoms with Crippen LogP contribution in [0, 0.1) is 0 Å². The molecule has 1 amide bonds. The van der Waals surface area contributed by atoms with Crippen LogP contribution in [0.2, 0.25) is 0 Å². The van der Waals surface area contributed by atoms with E-state index in [-0.39, 0.29) is 5.91 Å². The summed E-state index contributed by atoms with van der Waals surface area (Å²) in [5.74, 6) is 1.22. The van der Waals surface area contributed by atoms with E-state index in [0.717, 1.165) is 30.9 Å². The smallest absolute Gasteiger partial charge is 0.220 e. The van der Waals surface area contributed by atoms with Gasteiger partial charge in [-0.05, 0) is 25.5 Å². The minimum Gasteiger partial charge on any atom is -0.355 e. The minimum atomic E-state index is 0.156. The van der Waals surface area contributed by atoms with Crippen molar-refractivity contribution >= 4 is 16.9 Å². The highest BCUT2D eigenvalue weighted by Crippen LogP contribution is 2.16. The molecule has 3 rings (SSSR count). The van der Waals surface area contributed by atoms with Gasteiger partial charge in [-0.2, -0.15) is 0 Å². The second-order valence-electron chi connectivity index (χ2n) is 5.18. The molecule has 2 aromatic rings. The van der Waals surface area contributed by atoms with Gasteiger partial charge in [0.15, 0.2) is 0 Å². The quantitative estimate of drug-likeness (QED) is 0.885. The molecule has 2 N–H and O–H groups in total. The summed E-state index contributed by atoms with van der Waals surface area (Å²) in [4.78, 5) is 15.8. The summed E-state index contributed by atoms with van der Waals surface area (Å²) >= 11 is 0. The zero-order chi connectivity index (χ0) is 13.9. The highest BCUT2D eigenvalue weighted by molar-refractivity contribution is 5.77. The molecule has 1 aliphatic heterocycles. The first-order valence-corrected chi connectivity index (χ1v) is 7.22. The summed E-state index contributed by atoms with van der Waals surface area (Å²) in [6, 6.07) is 8.56. The van der Waals surface area contributed by atoms with Crippen LogP contribution < -0.4 is 10.6 Å². The van der Waals surface area contributed by atoms with E-state index < -0.39 is 0 Å². The third-order valence-electron chi connectivity index (χ3n) is 3.86. The molecular formula is C15H20N4O. The van der Waals surface area contributed by atoms with E-state index in [4.69, 9.17) is 4.98 Å². The summed E-state index contributed by atoms with van der Waals surface area (Å²) in [7, 11) is 0. The van der Waals surface area contributed by atoms with Gasteiger partial charge in [0.05, 0.1) is 17.6 Å². The number of aromatic nitrogens is 2. The molecule has 1 atom stereocenters. The Balaban J connectivity index is 1.72. The Morgan fingerprint density at radius 1 is 1.45 bits per heavy atom. The minimum absolute atomic E-state index is 0.156. The van der Waals surface area contributed by atoms with E-state index in [9.17, 15) is 4.79 Å². The normalized spacial score (nSPS) is 19.2. The van der Waals surface area contributed by atoms with Gasteiger partial charge in [0.1, 0.15) is 5.82 Å². The topological polar surface area (TPSA) is 59.0 Å². The molecule has 0 radical (unpaired) electrons. The fraction of sp³-hybridized carbons (Fsp3) is 0.467. The number of nitrogens with zero attached hydrogens (tertiary/aromatic N) is 2. The van der Waals surface area contributed by atoms with Crippen LogP contribution in [0.1, 0.15) is 25.6 Å². The van der Waals surface area contributed by atoms with Crippen LogP contribution >= 0.6 is 0 Å². The number of rotatable bonds is 4. The second-order valence-corrected chi connectivity index (χ2v) is 5.18. The molecule has 1 aromatic heterocycles. The van der Waals surface area contributed by atoms with Crippen LogP contribution in [-0.2, 0) is 17.9 Å². The summed E-state index contributed by atoms with van der Waals surface area (Å²) in [5, 5.41) is 6.39. The standard InChI is InChI=1S/C15H20N4O/c1-2-19-13-6-4-3-5-12(13)18-14(19)10-16-11-7-8-15(20)17-9-11/h3-6,11,16H,2,7-10H2,1H3,(H,17,20). The van der Waals surface area contributed by atoms with Crippen LogP contribution in [0.5, 0.6) is 0 Å². The molecule has 1 unspecified atom stereocenters. The lowest BCUT2D eigenvalue weighted by molar-refractivity contribution is -0.122. The average Bonchev–Trinajstić information content (AvgIpc) is 2.84. The summed E-state index contributed by atoms with van der Waals surface area (Å²) in [5.41, 5.74) is 2.23. The number of hydrogen-bond donors (Lipinski definition) is 2. The molecule has 0 aliphatic carbocycles. The van der Waals surface area contributed by atoms with E-state index in [1.165, 1.54) is 5.52 Å². The number of piperidine rings is 1. The Kier molecular flexibility index (Phi) is 3.69. The van der Waals surface area contributed by atoms with Gasteiger partial charge in [-0.1, -0.05) is 12.1 Å². The predicted molar refractivity (Wildman–Crippen MR) is 78.3 cm³/mol. The van der Waals surface area contributed by atoms with Gasteiger partial charge < -0.3 is 15.2 Å². The van der Waals surface area contributed by atoms with Gasteiger partial charge >= 0.3 is 0 Å². The van der Waals surface area contributed by atoms with Gasteiger partial charge in [0, 0.05) is 25.6 Å². The zero-order valence-electron chi connectivity index (χ0n) is 11.7. The summed E-state index contributed by atoms with van der Waals surface area (Å²) < 4.78 is 2.24. The summed E-state index contributed by atoms with van der Waals surface area (Å²) in [6.45, 7) is 4.51. The number of imidazole rings is 1. The van der Waals surface area contributed by atoms with E-state index in [2.05, 4.69) is 28.2 Å². The molecule has 0 saturated carbocycles. The van der Waals surface area contributed by atoms with Gasteiger partial charge in [-0.15, -0.1) is 0 Å². The number of nitrogens with one attached hydrogen (secondary N) is 2. The van der Waals surface area contributed by atoms with Crippen molar-refractivity contribution in [1.29, 1.82) is 0 Å². The lowest BCUT2D eigenvalue weighted by Gasteiger charge is -2.23. The highest BCUT2D eigenvalue weighted by Gasteiger charge is 2.18. The SMILES string of the molecule is CCn1c(CNC2CCC(=O)NC2)nc2ccccc21. The van der Waals surface area contributed by atoms with Gasteiger partial charge in [-0.25, -0.2) is 4.98 Å². The number of aryl methyl sites for hydroxylation is 1. The lowest BCUT2D eigenvalue weighted by atomic mass is 10.1. The monoisotopic (exact) mass is 272 g/mol. The molecule has 106 valence electrons. The van der Waals surface area contributed by atoms with Gasteiger partial charge in [0.2, 0.25) is 5.91 Å². The maximum absolute atomic E-state index is 11.1. The molecule has 1 aliphatic rings. The number of carbonyl (C=O) groups excluding carboxylic acids is 1. The highest BCUT2D eigenvalue weighted by atomic mass is 16.1. The molecule has 2 heterocycles. The molecule has 20 heavy (non-hydrogen) atoms. The van der Waals surface area contributed by atoms with Crippen LogP contribution in [-0.4, -0.2) is 28.0 Å². The first kappa shape index (κ1) is 13.1. The zero-order valence-corrected chi connectivity index (χ0v) is 11.7. The predicted octanol–water partition coefficient (Wildman–Crippen LogP) is 1.42. The molecular weight excluding hydrogens is 252 g/mol. The Labute approximate surface area is 118 Å². The Morgan fingerprint density at radius 2 is 2.30 bits per heavy atom. The Hall–Kier alpha value is -1.88. The molecule has 1 aromatic carbocycles. The maximum Gasteiger partial charge on any atom is 0.220 e. The van der Waals surface area contributed by atoms with Crippen LogP contribution in [0.15, 0.2) is 24.3 Å². The maximum atomic E-state index is 11.1. The van der Waals surface area contributed by atoms with Crippen molar-refractivity contribution in [3.8, 4) is 0 Å². The van der Waals surface area contributed by atoms with Crippen LogP contribution in [0.4, 0.5) is 0 Å². The van der Waals surface area contributed by atoms with E-state index in [1.807, 2.05) is 18.2 Å². The fourth-order valence-electron chi connectivity index (χ4n) is 2.76. The average molecular weight is 272 g/mol. The van der Waals surface area contributed by atoms with Gasteiger partial charge in [-0.3, -0.25) is 4.79 Å². The van der Waals surface area contributed by atoms with Crippen molar-refractivity contribution < 1.29 is 4.79 Å². The lowest BCUT2D eigenvalue weighted by Crippen LogP contribution is -2.45. The molecule has 1 fully saturated rings. The van der Waals surface area contributed by atoms with Crippen molar-refractivity contribution in [1.82, 2.24) is 20.2 Å². The molecule has 1 saturated heterocycles. The third-order valence-corrected chi connectivity index (χ3v) is 3.86. The third kappa shape index (κ3) is 2.54.